The summed E-state index contributed by atoms with van der Waals surface area (Å²) in [6.45, 7) is 3.94. The van der Waals surface area contributed by atoms with E-state index in [1.54, 1.807) is 29.7 Å². The molecule has 5 nitrogen and oxygen atoms in total. The first-order chi connectivity index (χ1) is 12.2. The Morgan fingerprint density at radius 1 is 1.24 bits per heavy atom. The van der Waals surface area contributed by atoms with E-state index in [0.717, 1.165) is 49.2 Å². The Kier molecular flexibility index (Phi) is 4.89. The number of amides is 1. The lowest BCUT2D eigenvalue weighted by molar-refractivity contribution is 0.0632. The number of hydrogen-bond acceptors (Lipinski definition) is 6. The van der Waals surface area contributed by atoms with Gasteiger partial charge < -0.3 is 9.32 Å². The summed E-state index contributed by atoms with van der Waals surface area (Å²) in [5.74, 6) is 0.881. The molecule has 0 atom stereocenters. The van der Waals surface area contributed by atoms with Crippen molar-refractivity contribution in [3.8, 4) is 10.8 Å². The standard InChI is InChI=1S/C17H16ClN3O2S2/c18-15-4-3-14(25-15)17(22)21-7-5-20(6-8-21)10-12-11-24-16(19-12)13-2-1-9-23-13/h1-4,9,11H,5-8,10H2. The first kappa shape index (κ1) is 16.8. The third-order valence-electron chi connectivity index (χ3n) is 4.11. The summed E-state index contributed by atoms with van der Waals surface area (Å²) in [5, 5.41) is 2.98. The highest BCUT2D eigenvalue weighted by atomic mass is 35.5. The van der Waals surface area contributed by atoms with Gasteiger partial charge >= 0.3 is 0 Å². The van der Waals surface area contributed by atoms with Crippen molar-refractivity contribution in [2.45, 2.75) is 6.54 Å². The van der Waals surface area contributed by atoms with Crippen molar-refractivity contribution >= 4 is 40.2 Å². The number of nitrogens with zero attached hydrogens (tertiary/aromatic N) is 3. The molecule has 130 valence electrons. The molecule has 4 rings (SSSR count). The molecule has 1 aliphatic rings. The number of furan rings is 1. The van der Waals surface area contributed by atoms with Crippen LogP contribution in [-0.2, 0) is 6.54 Å². The summed E-state index contributed by atoms with van der Waals surface area (Å²) < 4.78 is 6.04. The quantitative estimate of drug-likeness (QED) is 0.670. The fourth-order valence-electron chi connectivity index (χ4n) is 2.82. The number of hydrogen-bond donors (Lipinski definition) is 0. The van der Waals surface area contributed by atoms with Gasteiger partial charge in [-0.2, -0.15) is 0 Å². The van der Waals surface area contributed by atoms with Crippen molar-refractivity contribution < 1.29 is 9.21 Å². The molecule has 0 unspecified atom stereocenters. The third-order valence-corrected chi connectivity index (χ3v) is 6.24. The molecule has 3 aromatic heterocycles. The maximum atomic E-state index is 12.5. The second-order valence-corrected chi connectivity index (χ2v) is 8.37. The molecular formula is C17H16ClN3O2S2. The second-order valence-electron chi connectivity index (χ2n) is 5.79. The summed E-state index contributed by atoms with van der Waals surface area (Å²) in [4.78, 5) is 22.0. The SMILES string of the molecule is O=C(c1ccc(Cl)s1)N1CCN(Cc2csc(-c3ccco3)n2)CC1. The molecule has 0 aromatic carbocycles. The van der Waals surface area contributed by atoms with Crippen molar-refractivity contribution in [1.82, 2.24) is 14.8 Å². The van der Waals surface area contributed by atoms with Crippen LogP contribution in [0.2, 0.25) is 4.34 Å². The van der Waals surface area contributed by atoms with E-state index < -0.39 is 0 Å². The fourth-order valence-corrected chi connectivity index (χ4v) is 4.60. The Morgan fingerprint density at radius 3 is 2.76 bits per heavy atom. The molecule has 0 aliphatic carbocycles. The Morgan fingerprint density at radius 2 is 2.08 bits per heavy atom. The van der Waals surface area contributed by atoms with Gasteiger partial charge in [0.15, 0.2) is 10.8 Å². The molecule has 0 bridgehead atoms. The van der Waals surface area contributed by atoms with Crippen LogP contribution in [0.3, 0.4) is 0 Å². The first-order valence-corrected chi connectivity index (χ1v) is 10.0. The molecule has 0 radical (unpaired) electrons. The number of carbonyl (C=O) groups is 1. The summed E-state index contributed by atoms with van der Waals surface area (Å²) in [7, 11) is 0. The van der Waals surface area contributed by atoms with E-state index in [1.165, 1.54) is 11.3 Å². The van der Waals surface area contributed by atoms with Gasteiger partial charge in [0.1, 0.15) is 0 Å². The minimum Gasteiger partial charge on any atom is -0.462 e. The van der Waals surface area contributed by atoms with Crippen molar-refractivity contribution in [2.75, 3.05) is 26.2 Å². The molecule has 0 spiro atoms. The number of piperazine rings is 1. The molecule has 25 heavy (non-hydrogen) atoms. The molecule has 3 aromatic rings. The molecule has 4 heterocycles. The number of carbonyl (C=O) groups excluding carboxylic acids is 1. The summed E-state index contributed by atoms with van der Waals surface area (Å²) in [6.07, 6.45) is 1.66. The molecule has 1 fully saturated rings. The maximum absolute atomic E-state index is 12.5. The van der Waals surface area contributed by atoms with Crippen LogP contribution in [0.1, 0.15) is 15.4 Å². The van der Waals surface area contributed by atoms with Crippen LogP contribution in [0.5, 0.6) is 0 Å². The fraction of sp³-hybridized carbons (Fsp3) is 0.294. The van der Waals surface area contributed by atoms with Gasteiger partial charge in [-0.05, 0) is 24.3 Å². The number of aromatic nitrogens is 1. The number of thiazole rings is 1. The van der Waals surface area contributed by atoms with E-state index in [0.29, 0.717) is 9.21 Å². The van der Waals surface area contributed by atoms with E-state index in [-0.39, 0.29) is 5.91 Å². The van der Waals surface area contributed by atoms with Crippen molar-refractivity contribution in [2.24, 2.45) is 0 Å². The predicted octanol–water partition coefficient (Wildman–Crippen LogP) is 4.08. The minimum atomic E-state index is 0.0744. The molecule has 1 aliphatic heterocycles. The van der Waals surface area contributed by atoms with Gasteiger partial charge in [-0.15, -0.1) is 22.7 Å². The minimum absolute atomic E-state index is 0.0744. The van der Waals surface area contributed by atoms with Crippen LogP contribution in [0.15, 0.2) is 40.3 Å². The smallest absolute Gasteiger partial charge is 0.264 e. The molecule has 1 amide bonds. The lowest BCUT2D eigenvalue weighted by atomic mass is 10.2. The number of halogens is 1. The van der Waals surface area contributed by atoms with Gasteiger partial charge in [0.25, 0.3) is 5.91 Å². The van der Waals surface area contributed by atoms with E-state index >= 15 is 0 Å². The van der Waals surface area contributed by atoms with E-state index in [1.807, 2.05) is 17.0 Å². The number of rotatable bonds is 4. The van der Waals surface area contributed by atoms with Crippen LogP contribution in [0.25, 0.3) is 10.8 Å². The van der Waals surface area contributed by atoms with E-state index in [4.69, 9.17) is 16.0 Å². The summed E-state index contributed by atoms with van der Waals surface area (Å²) >= 11 is 8.85. The maximum Gasteiger partial charge on any atom is 0.264 e. The van der Waals surface area contributed by atoms with Crippen molar-refractivity contribution in [3.63, 3.8) is 0 Å². The highest BCUT2D eigenvalue weighted by molar-refractivity contribution is 7.18. The van der Waals surface area contributed by atoms with Crippen molar-refractivity contribution in [3.05, 3.63) is 50.8 Å². The van der Waals surface area contributed by atoms with Crippen LogP contribution >= 0.6 is 34.3 Å². The molecule has 0 saturated carbocycles. The highest BCUT2D eigenvalue weighted by Crippen LogP contribution is 2.25. The predicted molar refractivity (Wildman–Crippen MR) is 100 cm³/mol. The summed E-state index contributed by atoms with van der Waals surface area (Å²) in [5.41, 5.74) is 1.04. The van der Waals surface area contributed by atoms with Gasteiger partial charge in [-0.25, -0.2) is 4.98 Å². The zero-order valence-electron chi connectivity index (χ0n) is 13.4. The Bertz CT molecular complexity index is 851. The van der Waals surface area contributed by atoms with Gasteiger partial charge in [0.2, 0.25) is 0 Å². The first-order valence-electron chi connectivity index (χ1n) is 7.94. The largest absolute Gasteiger partial charge is 0.462 e. The normalized spacial score (nSPS) is 15.6. The molecule has 8 heteroatoms. The zero-order chi connectivity index (χ0) is 17.2. The Hall–Kier alpha value is -1.67. The molecule has 0 N–H and O–H groups in total. The topological polar surface area (TPSA) is 49.6 Å². The lowest BCUT2D eigenvalue weighted by Crippen LogP contribution is -2.48. The second kappa shape index (κ2) is 7.29. The average molecular weight is 394 g/mol. The Labute approximate surface area is 158 Å². The third kappa shape index (κ3) is 3.79. The number of thiophene rings is 1. The van der Waals surface area contributed by atoms with Crippen LogP contribution in [-0.4, -0.2) is 46.9 Å². The summed E-state index contributed by atoms with van der Waals surface area (Å²) in [6, 6.07) is 7.36. The van der Waals surface area contributed by atoms with E-state index in [2.05, 4.69) is 15.3 Å². The van der Waals surface area contributed by atoms with Gasteiger partial charge in [-0.1, -0.05) is 11.6 Å². The van der Waals surface area contributed by atoms with Crippen LogP contribution < -0.4 is 0 Å². The zero-order valence-corrected chi connectivity index (χ0v) is 15.7. The average Bonchev–Trinajstić information content (AvgIpc) is 3.36. The molecular weight excluding hydrogens is 378 g/mol. The van der Waals surface area contributed by atoms with Gasteiger partial charge in [-0.3, -0.25) is 9.69 Å². The lowest BCUT2D eigenvalue weighted by Gasteiger charge is -2.34. The van der Waals surface area contributed by atoms with Crippen molar-refractivity contribution in [1.29, 1.82) is 0 Å². The van der Waals surface area contributed by atoms with Crippen LogP contribution in [0, 0.1) is 0 Å². The monoisotopic (exact) mass is 393 g/mol. The van der Waals surface area contributed by atoms with E-state index in [9.17, 15) is 4.79 Å². The van der Waals surface area contributed by atoms with Gasteiger partial charge in [0.05, 0.1) is 21.2 Å². The van der Waals surface area contributed by atoms with Crippen LogP contribution in [0.4, 0.5) is 0 Å². The molecule has 1 saturated heterocycles. The Balaban J connectivity index is 1.32. The highest BCUT2D eigenvalue weighted by Gasteiger charge is 2.23. The van der Waals surface area contributed by atoms with Gasteiger partial charge in [0, 0.05) is 38.1 Å².